The molecule has 1 aromatic rings. The Morgan fingerprint density at radius 3 is 2.25 bits per heavy atom. The molecule has 3 nitrogen and oxygen atoms in total. The molecule has 2 N–H and O–H groups in total. The third kappa shape index (κ3) is 5.82. The standard InChI is InChI=1S/C15H20F2N2O/c1-10(2)14(9-11(3)18)19-12-5-7-13(8-6-12)20-15(4,16)17/h5-10H,18H2,1-4H3/b11-9-,19-14?. The normalized spacial score (nSPS) is 13.8. The first-order chi connectivity index (χ1) is 9.17. The van der Waals surface area contributed by atoms with Crippen molar-refractivity contribution in [2.75, 3.05) is 0 Å². The van der Waals surface area contributed by atoms with Crippen LogP contribution in [0, 0.1) is 5.92 Å². The molecule has 0 aliphatic heterocycles. The number of alkyl halides is 2. The molecule has 0 saturated carbocycles. The minimum Gasteiger partial charge on any atom is -0.433 e. The van der Waals surface area contributed by atoms with Crippen molar-refractivity contribution in [1.82, 2.24) is 0 Å². The molecule has 0 atom stereocenters. The predicted molar refractivity (Wildman–Crippen MR) is 77.6 cm³/mol. The monoisotopic (exact) mass is 282 g/mol. The summed E-state index contributed by atoms with van der Waals surface area (Å²) in [5.74, 6) is 0.317. The minimum absolute atomic E-state index is 0.105. The number of nitrogens with two attached hydrogens (primary N) is 1. The largest absolute Gasteiger partial charge is 0.433 e. The molecule has 0 spiro atoms. The van der Waals surface area contributed by atoms with Gasteiger partial charge in [-0.05, 0) is 43.2 Å². The smallest absolute Gasteiger partial charge is 0.394 e. The van der Waals surface area contributed by atoms with Crippen LogP contribution >= 0.6 is 0 Å². The second-order valence-electron chi connectivity index (χ2n) is 4.98. The molecule has 20 heavy (non-hydrogen) atoms. The highest BCUT2D eigenvalue weighted by Crippen LogP contribution is 2.24. The molecule has 110 valence electrons. The number of ether oxygens (including phenoxy) is 1. The lowest BCUT2D eigenvalue weighted by Crippen LogP contribution is -2.18. The molecule has 0 bridgehead atoms. The van der Waals surface area contributed by atoms with Gasteiger partial charge >= 0.3 is 6.11 Å². The van der Waals surface area contributed by atoms with Crippen LogP contribution in [-0.2, 0) is 0 Å². The van der Waals surface area contributed by atoms with Gasteiger partial charge in [-0.3, -0.25) is 4.99 Å². The molecule has 5 heteroatoms. The Bertz CT molecular complexity index is 496. The number of aliphatic imine (C=N–C) groups is 1. The molecule has 0 unspecified atom stereocenters. The van der Waals surface area contributed by atoms with Gasteiger partial charge in [0.05, 0.1) is 5.69 Å². The summed E-state index contributed by atoms with van der Waals surface area (Å²) in [6, 6.07) is 6.19. The number of halogens is 2. The minimum atomic E-state index is -3.19. The number of hydrogen-bond acceptors (Lipinski definition) is 3. The lowest BCUT2D eigenvalue weighted by Gasteiger charge is -2.13. The Hall–Kier alpha value is -1.91. The van der Waals surface area contributed by atoms with E-state index in [1.54, 1.807) is 25.1 Å². The van der Waals surface area contributed by atoms with E-state index in [1.807, 2.05) is 13.8 Å². The van der Waals surface area contributed by atoms with Crippen molar-refractivity contribution in [3.63, 3.8) is 0 Å². The van der Waals surface area contributed by atoms with Gasteiger partial charge in [0.2, 0.25) is 0 Å². The second-order valence-corrected chi connectivity index (χ2v) is 4.98. The molecule has 0 heterocycles. The molecule has 0 amide bonds. The van der Waals surface area contributed by atoms with Crippen molar-refractivity contribution in [1.29, 1.82) is 0 Å². The number of hydrogen-bond donors (Lipinski definition) is 1. The van der Waals surface area contributed by atoms with Gasteiger partial charge in [0.1, 0.15) is 5.75 Å². The summed E-state index contributed by atoms with van der Waals surface area (Å²) >= 11 is 0. The predicted octanol–water partition coefficient (Wildman–Crippen LogP) is 4.27. The van der Waals surface area contributed by atoms with Crippen LogP contribution in [0.4, 0.5) is 14.5 Å². The summed E-state index contributed by atoms with van der Waals surface area (Å²) in [6.45, 7) is 6.50. The van der Waals surface area contributed by atoms with Crippen LogP contribution in [-0.4, -0.2) is 11.8 Å². The van der Waals surface area contributed by atoms with Crippen molar-refractivity contribution < 1.29 is 13.5 Å². The van der Waals surface area contributed by atoms with Crippen LogP contribution in [0.1, 0.15) is 27.7 Å². The lowest BCUT2D eigenvalue weighted by molar-refractivity contribution is -0.158. The topological polar surface area (TPSA) is 47.6 Å². The molecule has 0 aliphatic rings. The van der Waals surface area contributed by atoms with E-state index < -0.39 is 6.11 Å². The van der Waals surface area contributed by atoms with Gasteiger partial charge in [-0.25, -0.2) is 0 Å². The maximum Gasteiger partial charge on any atom is 0.394 e. The van der Waals surface area contributed by atoms with Gasteiger partial charge < -0.3 is 10.5 Å². The van der Waals surface area contributed by atoms with Crippen LogP contribution in [0.25, 0.3) is 0 Å². The lowest BCUT2D eigenvalue weighted by atomic mass is 10.1. The first-order valence-electron chi connectivity index (χ1n) is 6.36. The van der Waals surface area contributed by atoms with Gasteiger partial charge in [-0.1, -0.05) is 13.8 Å². The van der Waals surface area contributed by atoms with Crippen LogP contribution in [0.15, 0.2) is 41.0 Å². The highest BCUT2D eigenvalue weighted by molar-refractivity contribution is 5.98. The van der Waals surface area contributed by atoms with Gasteiger partial charge in [0.15, 0.2) is 0 Å². The zero-order chi connectivity index (χ0) is 15.3. The molecule has 1 aromatic carbocycles. The van der Waals surface area contributed by atoms with E-state index in [0.29, 0.717) is 18.3 Å². The van der Waals surface area contributed by atoms with Gasteiger partial charge in [-0.15, -0.1) is 0 Å². The van der Waals surface area contributed by atoms with Crippen molar-refractivity contribution in [2.45, 2.75) is 33.8 Å². The van der Waals surface area contributed by atoms with Gasteiger partial charge in [0.25, 0.3) is 0 Å². The summed E-state index contributed by atoms with van der Waals surface area (Å²) in [5.41, 5.74) is 7.82. The highest BCUT2D eigenvalue weighted by atomic mass is 19.3. The van der Waals surface area contributed by atoms with E-state index in [1.165, 1.54) is 12.1 Å². The van der Waals surface area contributed by atoms with Crippen LogP contribution in [0.2, 0.25) is 0 Å². The summed E-state index contributed by atoms with van der Waals surface area (Å²) in [6.07, 6.45) is -1.39. The Labute approximate surface area is 118 Å². The third-order valence-corrected chi connectivity index (χ3v) is 2.36. The molecule has 0 saturated heterocycles. The maximum atomic E-state index is 12.7. The molecule has 0 aliphatic carbocycles. The molecular formula is C15H20F2N2O. The SMILES string of the molecule is C/C(N)=C/C(=Nc1ccc(OC(C)(F)F)cc1)C(C)C. The summed E-state index contributed by atoms with van der Waals surface area (Å²) < 4.78 is 29.9. The molecule has 0 radical (unpaired) electrons. The Morgan fingerprint density at radius 1 is 1.30 bits per heavy atom. The first kappa shape index (κ1) is 16.1. The van der Waals surface area contributed by atoms with E-state index in [0.717, 1.165) is 5.71 Å². The Balaban J connectivity index is 2.95. The van der Waals surface area contributed by atoms with Crippen LogP contribution in [0.3, 0.4) is 0 Å². The Morgan fingerprint density at radius 2 is 1.85 bits per heavy atom. The van der Waals surface area contributed by atoms with Crippen molar-refractivity contribution >= 4 is 11.4 Å². The Kier molecular flexibility index (Phi) is 5.25. The average Bonchev–Trinajstić information content (AvgIpc) is 2.28. The van der Waals surface area contributed by atoms with Gasteiger partial charge in [-0.2, -0.15) is 8.78 Å². The number of benzene rings is 1. The van der Waals surface area contributed by atoms with Crippen molar-refractivity contribution in [3.8, 4) is 5.75 Å². The molecular weight excluding hydrogens is 262 g/mol. The van der Waals surface area contributed by atoms with E-state index in [-0.39, 0.29) is 11.7 Å². The zero-order valence-corrected chi connectivity index (χ0v) is 12.2. The summed E-state index contributed by atoms with van der Waals surface area (Å²) in [5, 5.41) is 0. The zero-order valence-electron chi connectivity index (χ0n) is 12.2. The van der Waals surface area contributed by atoms with Crippen molar-refractivity contribution in [2.24, 2.45) is 16.6 Å². The summed E-state index contributed by atoms with van der Waals surface area (Å²) in [4.78, 5) is 4.45. The number of rotatable bonds is 5. The fourth-order valence-corrected chi connectivity index (χ4v) is 1.51. The van der Waals surface area contributed by atoms with E-state index in [4.69, 9.17) is 5.73 Å². The van der Waals surface area contributed by atoms with Crippen LogP contribution in [0.5, 0.6) is 5.75 Å². The second kappa shape index (κ2) is 6.50. The fourth-order valence-electron chi connectivity index (χ4n) is 1.51. The fraction of sp³-hybridized carbons (Fsp3) is 0.400. The highest BCUT2D eigenvalue weighted by Gasteiger charge is 2.22. The third-order valence-electron chi connectivity index (χ3n) is 2.36. The molecule has 0 aromatic heterocycles. The van der Waals surface area contributed by atoms with E-state index in [9.17, 15) is 8.78 Å². The molecule has 0 fully saturated rings. The van der Waals surface area contributed by atoms with E-state index in [2.05, 4.69) is 9.73 Å². The average molecular weight is 282 g/mol. The number of allylic oxidation sites excluding steroid dienone is 2. The molecule has 1 rings (SSSR count). The van der Waals surface area contributed by atoms with Crippen molar-refractivity contribution in [3.05, 3.63) is 36.0 Å². The van der Waals surface area contributed by atoms with Crippen LogP contribution < -0.4 is 10.5 Å². The summed E-state index contributed by atoms with van der Waals surface area (Å²) in [7, 11) is 0. The quantitative estimate of drug-likeness (QED) is 0.820. The van der Waals surface area contributed by atoms with Gasteiger partial charge in [0, 0.05) is 18.3 Å². The first-order valence-corrected chi connectivity index (χ1v) is 6.36. The number of nitrogens with zero attached hydrogens (tertiary/aromatic N) is 1. The maximum absolute atomic E-state index is 12.7. The van der Waals surface area contributed by atoms with E-state index >= 15 is 0 Å².